The van der Waals surface area contributed by atoms with Crippen LogP contribution in [0.25, 0.3) is 17.2 Å². The van der Waals surface area contributed by atoms with Gasteiger partial charge in [0.15, 0.2) is 21.5 Å². The van der Waals surface area contributed by atoms with Crippen LogP contribution in [0.1, 0.15) is 29.7 Å². The zero-order valence-electron chi connectivity index (χ0n) is 20.8. The van der Waals surface area contributed by atoms with Gasteiger partial charge in [-0.25, -0.2) is 18.4 Å². The van der Waals surface area contributed by atoms with Crippen molar-refractivity contribution in [3.63, 3.8) is 0 Å². The Morgan fingerprint density at radius 3 is 2.11 bits per heavy atom. The van der Waals surface area contributed by atoms with Crippen molar-refractivity contribution in [3.05, 3.63) is 71.7 Å². The van der Waals surface area contributed by atoms with Gasteiger partial charge in [-0.05, 0) is 50.1 Å². The fourth-order valence-corrected chi connectivity index (χ4v) is 4.93. The van der Waals surface area contributed by atoms with Crippen molar-refractivity contribution in [2.45, 2.75) is 38.2 Å². The van der Waals surface area contributed by atoms with Crippen LogP contribution in [0.4, 0.5) is 0 Å². The Morgan fingerprint density at radius 2 is 1.53 bits per heavy atom. The van der Waals surface area contributed by atoms with Crippen molar-refractivity contribution in [1.82, 2.24) is 29.7 Å². The zero-order valence-corrected chi connectivity index (χ0v) is 21.7. The molecule has 1 atom stereocenters. The molecule has 4 rings (SSSR count). The summed E-state index contributed by atoms with van der Waals surface area (Å²) in [6.07, 6.45) is 5.25. The summed E-state index contributed by atoms with van der Waals surface area (Å²) in [4.78, 5) is 13.0. The summed E-state index contributed by atoms with van der Waals surface area (Å²) in [5.74, 6) is 1.64. The van der Waals surface area contributed by atoms with Crippen molar-refractivity contribution >= 4 is 9.84 Å². The Balaban J connectivity index is 1.80. The minimum absolute atomic E-state index is 0.182. The van der Waals surface area contributed by atoms with Crippen LogP contribution < -0.4 is 9.47 Å². The van der Waals surface area contributed by atoms with Crippen LogP contribution in [0.2, 0.25) is 0 Å². The number of sulfone groups is 1. The fraction of sp³-hybridized carbons (Fsp3) is 0.320. The van der Waals surface area contributed by atoms with Gasteiger partial charge in [-0.3, -0.25) is 9.55 Å². The third-order valence-electron chi connectivity index (χ3n) is 5.74. The highest BCUT2D eigenvalue weighted by Crippen LogP contribution is 2.36. The number of hydrogen-bond acceptors (Lipinski definition) is 9. The van der Waals surface area contributed by atoms with Crippen LogP contribution in [0.5, 0.6) is 11.5 Å². The number of para-hydroxylation sites is 1. The third kappa shape index (κ3) is 5.20. The summed E-state index contributed by atoms with van der Waals surface area (Å²) in [5, 5.41) is 7.87. The Labute approximate surface area is 210 Å². The topological polar surface area (TPSA) is 122 Å². The zero-order chi connectivity index (χ0) is 25.9. The molecule has 3 heterocycles. The fourth-order valence-electron chi connectivity index (χ4n) is 3.69. The lowest BCUT2D eigenvalue weighted by molar-refractivity contribution is 0.390. The molecule has 0 aliphatic heterocycles. The van der Waals surface area contributed by atoms with E-state index in [2.05, 4.69) is 25.1 Å². The quantitative estimate of drug-likeness (QED) is 0.335. The van der Waals surface area contributed by atoms with Crippen molar-refractivity contribution in [2.24, 2.45) is 0 Å². The van der Waals surface area contributed by atoms with Gasteiger partial charge in [0, 0.05) is 25.0 Å². The van der Waals surface area contributed by atoms with Crippen LogP contribution in [0.15, 0.2) is 48.9 Å². The highest BCUT2D eigenvalue weighted by atomic mass is 32.2. The van der Waals surface area contributed by atoms with Crippen LogP contribution in [-0.4, -0.2) is 57.6 Å². The van der Waals surface area contributed by atoms with Crippen molar-refractivity contribution < 1.29 is 17.9 Å². The number of methoxy groups -OCH3 is 2. The number of rotatable bonds is 9. The maximum Gasteiger partial charge on any atom is 0.187 e. The third-order valence-corrected chi connectivity index (χ3v) is 7.80. The van der Waals surface area contributed by atoms with Crippen molar-refractivity contribution in [1.29, 1.82) is 0 Å². The molecule has 0 fully saturated rings. The van der Waals surface area contributed by atoms with Gasteiger partial charge in [0.2, 0.25) is 0 Å². The van der Waals surface area contributed by atoms with Crippen LogP contribution >= 0.6 is 0 Å². The lowest BCUT2D eigenvalue weighted by Gasteiger charge is -2.18. The second-order valence-electron chi connectivity index (χ2n) is 8.51. The molecule has 0 spiro atoms. The average molecular weight is 509 g/mol. The maximum absolute atomic E-state index is 13.4. The van der Waals surface area contributed by atoms with Gasteiger partial charge in [-0.15, -0.1) is 10.2 Å². The standard InChI is InChI=1S/C25H28N6O4S/c1-16-9-10-19(26-12-16)25-30-29-23(31(25)24-20(34-4)7-6-8-21(24)35-5)15-36(32,33)18(3)11-22-27-13-17(2)14-28-22/h6-10,12-14,18H,11,15H2,1-5H3/t18-/m0/s1. The lowest BCUT2D eigenvalue weighted by Crippen LogP contribution is -2.24. The van der Waals surface area contributed by atoms with Crippen LogP contribution in [-0.2, 0) is 22.0 Å². The van der Waals surface area contributed by atoms with E-state index < -0.39 is 15.1 Å². The molecule has 4 aromatic rings. The van der Waals surface area contributed by atoms with Gasteiger partial charge in [0.05, 0.1) is 19.5 Å². The van der Waals surface area contributed by atoms with Gasteiger partial charge in [-0.1, -0.05) is 12.1 Å². The highest BCUT2D eigenvalue weighted by Gasteiger charge is 2.29. The van der Waals surface area contributed by atoms with Gasteiger partial charge in [0.25, 0.3) is 0 Å². The van der Waals surface area contributed by atoms with Crippen LogP contribution in [0.3, 0.4) is 0 Å². The van der Waals surface area contributed by atoms with E-state index in [0.717, 1.165) is 11.1 Å². The van der Waals surface area contributed by atoms with E-state index in [1.165, 1.54) is 14.2 Å². The van der Waals surface area contributed by atoms with E-state index in [0.29, 0.717) is 34.5 Å². The summed E-state index contributed by atoms with van der Waals surface area (Å²) in [7, 11) is -0.604. The van der Waals surface area contributed by atoms with Gasteiger partial charge in [0.1, 0.15) is 34.5 Å². The van der Waals surface area contributed by atoms with E-state index in [-0.39, 0.29) is 18.0 Å². The first-order valence-corrected chi connectivity index (χ1v) is 13.0. The minimum atomic E-state index is -3.67. The van der Waals surface area contributed by atoms with Crippen molar-refractivity contribution in [2.75, 3.05) is 14.2 Å². The highest BCUT2D eigenvalue weighted by molar-refractivity contribution is 7.91. The van der Waals surface area contributed by atoms with E-state index in [1.54, 1.807) is 48.3 Å². The maximum atomic E-state index is 13.4. The first-order valence-electron chi connectivity index (χ1n) is 11.3. The number of aromatic nitrogens is 6. The summed E-state index contributed by atoms with van der Waals surface area (Å²) >= 11 is 0. The van der Waals surface area contributed by atoms with Gasteiger partial charge < -0.3 is 9.47 Å². The lowest BCUT2D eigenvalue weighted by atomic mass is 10.2. The van der Waals surface area contributed by atoms with E-state index in [1.807, 2.05) is 26.0 Å². The normalized spacial score (nSPS) is 12.4. The summed E-state index contributed by atoms with van der Waals surface area (Å²) in [5.41, 5.74) is 2.91. The first kappa shape index (κ1) is 25.2. The molecule has 0 unspecified atom stereocenters. The smallest absolute Gasteiger partial charge is 0.187 e. The second-order valence-corrected chi connectivity index (χ2v) is 10.9. The Morgan fingerprint density at radius 1 is 0.889 bits per heavy atom. The Kier molecular flexibility index (Phi) is 7.30. The van der Waals surface area contributed by atoms with Crippen LogP contribution in [0, 0.1) is 13.8 Å². The molecule has 0 aliphatic carbocycles. The molecule has 0 bridgehead atoms. The molecule has 188 valence electrons. The molecule has 0 saturated carbocycles. The first-order chi connectivity index (χ1) is 17.2. The molecule has 0 N–H and O–H groups in total. The SMILES string of the molecule is COc1cccc(OC)c1-n1c(CS(=O)(=O)[C@@H](C)Cc2ncc(C)cn2)nnc1-c1ccc(C)cn1. The minimum Gasteiger partial charge on any atom is -0.494 e. The number of ether oxygens (including phenoxy) is 2. The van der Waals surface area contributed by atoms with Gasteiger partial charge in [-0.2, -0.15) is 0 Å². The number of benzene rings is 1. The molecule has 0 radical (unpaired) electrons. The molecule has 1 aromatic carbocycles. The average Bonchev–Trinajstić information content (AvgIpc) is 3.27. The molecule has 0 saturated heterocycles. The molecule has 11 heteroatoms. The molecule has 3 aromatic heterocycles. The summed E-state index contributed by atoms with van der Waals surface area (Å²) in [6.45, 7) is 5.46. The number of hydrogen-bond donors (Lipinski definition) is 0. The van der Waals surface area contributed by atoms with Crippen molar-refractivity contribution in [3.8, 4) is 28.7 Å². The molecular formula is C25H28N6O4S. The number of pyridine rings is 1. The Hall–Kier alpha value is -3.86. The van der Waals surface area contributed by atoms with Gasteiger partial charge >= 0.3 is 0 Å². The van der Waals surface area contributed by atoms with E-state index >= 15 is 0 Å². The monoisotopic (exact) mass is 508 g/mol. The predicted octanol–water partition coefficient (Wildman–Crippen LogP) is 3.30. The predicted molar refractivity (Wildman–Crippen MR) is 135 cm³/mol. The number of aryl methyl sites for hydroxylation is 2. The summed E-state index contributed by atoms with van der Waals surface area (Å²) in [6, 6.07) is 9.03. The molecule has 0 aliphatic rings. The molecule has 36 heavy (non-hydrogen) atoms. The van der Waals surface area contributed by atoms with E-state index in [9.17, 15) is 8.42 Å². The molecule has 10 nitrogen and oxygen atoms in total. The van der Waals surface area contributed by atoms with E-state index in [4.69, 9.17) is 9.47 Å². The largest absolute Gasteiger partial charge is 0.494 e. The Bertz CT molecular complexity index is 1430. The molecular weight excluding hydrogens is 480 g/mol. The second kappa shape index (κ2) is 10.4. The number of nitrogens with zero attached hydrogens (tertiary/aromatic N) is 6. The molecule has 0 amide bonds. The summed E-state index contributed by atoms with van der Waals surface area (Å²) < 4.78 is 39.7.